The first kappa shape index (κ1) is 19.2. The number of rotatable bonds is 8. The van der Waals surface area contributed by atoms with Crippen LogP contribution in [0.15, 0.2) is 60.8 Å². The van der Waals surface area contributed by atoms with Crippen molar-refractivity contribution >= 4 is 0 Å². The Morgan fingerprint density at radius 3 is 2.30 bits per heavy atom. The summed E-state index contributed by atoms with van der Waals surface area (Å²) < 4.78 is 27.2. The molecule has 1 heterocycles. The summed E-state index contributed by atoms with van der Waals surface area (Å²) in [5.74, 6) is -1.18. The van der Waals surface area contributed by atoms with Gasteiger partial charge in [-0.15, -0.1) is 0 Å². The molecule has 0 amide bonds. The molecule has 3 rings (SSSR count). The smallest absolute Gasteiger partial charge is 0.135 e. The molecule has 0 bridgehead atoms. The highest BCUT2D eigenvalue weighted by Crippen LogP contribution is 2.27. The number of nitrogens with zero attached hydrogens (tertiary/aromatic N) is 1. The lowest BCUT2D eigenvalue weighted by Gasteiger charge is -2.08. The molecule has 3 aromatic rings. The Morgan fingerprint density at radius 1 is 0.778 bits per heavy atom. The quantitative estimate of drug-likeness (QED) is 0.384. The van der Waals surface area contributed by atoms with Crippen molar-refractivity contribution in [2.75, 3.05) is 0 Å². The molecule has 0 aliphatic rings. The maximum Gasteiger partial charge on any atom is 0.135 e. The van der Waals surface area contributed by atoms with Gasteiger partial charge in [0.2, 0.25) is 0 Å². The lowest BCUT2D eigenvalue weighted by atomic mass is 10.00. The van der Waals surface area contributed by atoms with Crippen molar-refractivity contribution in [1.29, 1.82) is 0 Å². The van der Waals surface area contributed by atoms with Gasteiger partial charge in [0, 0.05) is 17.8 Å². The van der Waals surface area contributed by atoms with Crippen molar-refractivity contribution in [3.05, 3.63) is 78.0 Å². The van der Waals surface area contributed by atoms with Crippen molar-refractivity contribution in [2.24, 2.45) is 0 Å². The van der Waals surface area contributed by atoms with Crippen LogP contribution >= 0.6 is 0 Å². The van der Waals surface area contributed by atoms with Crippen LogP contribution in [0, 0.1) is 11.6 Å². The fourth-order valence-corrected chi connectivity index (χ4v) is 3.25. The van der Waals surface area contributed by atoms with Gasteiger partial charge in [0.1, 0.15) is 11.6 Å². The Balaban J connectivity index is 1.71. The fraction of sp³-hybridized carbons (Fsp3) is 0.292. The molecule has 27 heavy (non-hydrogen) atoms. The zero-order valence-corrected chi connectivity index (χ0v) is 15.7. The first-order valence-electron chi connectivity index (χ1n) is 9.68. The van der Waals surface area contributed by atoms with Gasteiger partial charge in [-0.2, -0.15) is 0 Å². The van der Waals surface area contributed by atoms with E-state index in [-0.39, 0.29) is 0 Å². The number of unbranched alkanes of at least 4 members (excludes halogenated alkanes) is 4. The lowest BCUT2D eigenvalue weighted by Crippen LogP contribution is -1.91. The number of hydrogen-bond acceptors (Lipinski definition) is 1. The van der Waals surface area contributed by atoms with Crippen LogP contribution in [0.3, 0.4) is 0 Å². The summed E-state index contributed by atoms with van der Waals surface area (Å²) in [4.78, 5) is 4.25. The summed E-state index contributed by atoms with van der Waals surface area (Å²) >= 11 is 0. The van der Waals surface area contributed by atoms with E-state index in [1.165, 1.54) is 49.8 Å². The predicted octanol–water partition coefficient (Wildman–Crippen LogP) is 7.21. The molecule has 0 spiro atoms. The Kier molecular flexibility index (Phi) is 6.69. The minimum atomic E-state index is -0.599. The van der Waals surface area contributed by atoms with Crippen molar-refractivity contribution in [1.82, 2.24) is 4.98 Å². The van der Waals surface area contributed by atoms with Crippen LogP contribution in [0.5, 0.6) is 0 Å². The normalized spacial score (nSPS) is 10.9. The molecule has 0 aliphatic heterocycles. The molecule has 0 unspecified atom stereocenters. The second-order valence-corrected chi connectivity index (χ2v) is 6.92. The third kappa shape index (κ3) is 5.22. The Morgan fingerprint density at radius 2 is 1.56 bits per heavy atom. The average Bonchev–Trinajstić information content (AvgIpc) is 2.68. The maximum atomic E-state index is 14.0. The first-order chi connectivity index (χ1) is 13.2. The van der Waals surface area contributed by atoms with E-state index in [1.54, 1.807) is 6.20 Å². The van der Waals surface area contributed by atoms with E-state index >= 15 is 0 Å². The van der Waals surface area contributed by atoms with Crippen molar-refractivity contribution in [2.45, 2.75) is 45.4 Å². The summed E-state index contributed by atoms with van der Waals surface area (Å²) in [5, 5.41) is 0. The van der Waals surface area contributed by atoms with Crippen molar-refractivity contribution < 1.29 is 8.78 Å². The minimum absolute atomic E-state index is 0.307. The largest absolute Gasteiger partial charge is 0.256 e. The molecule has 1 aromatic heterocycles. The molecule has 0 atom stereocenters. The van der Waals surface area contributed by atoms with E-state index in [0.29, 0.717) is 11.3 Å². The standard InChI is InChI=1S/C24H25F2N/c1-2-3-4-5-6-7-18-8-10-19(11-9-18)20-14-15-27-24(16-20)22-13-12-21(25)17-23(22)26/h8-17H,2-7H2,1H3. The monoisotopic (exact) mass is 365 g/mol. The Bertz CT molecular complexity index is 872. The summed E-state index contributed by atoms with van der Waals surface area (Å²) in [6.45, 7) is 2.23. The number of pyridine rings is 1. The van der Waals surface area contributed by atoms with E-state index in [2.05, 4.69) is 36.2 Å². The van der Waals surface area contributed by atoms with E-state index in [1.807, 2.05) is 12.1 Å². The van der Waals surface area contributed by atoms with E-state index < -0.39 is 11.6 Å². The van der Waals surface area contributed by atoms with Gasteiger partial charge >= 0.3 is 0 Å². The van der Waals surface area contributed by atoms with Crippen LogP contribution < -0.4 is 0 Å². The third-order valence-corrected chi connectivity index (χ3v) is 4.82. The van der Waals surface area contributed by atoms with Gasteiger partial charge in [-0.1, -0.05) is 56.9 Å². The molecule has 2 aromatic carbocycles. The molecular weight excluding hydrogens is 340 g/mol. The molecule has 0 aliphatic carbocycles. The summed E-state index contributed by atoms with van der Waals surface area (Å²) in [7, 11) is 0. The van der Waals surface area contributed by atoms with Gasteiger partial charge < -0.3 is 0 Å². The van der Waals surface area contributed by atoms with Crippen LogP contribution in [0.25, 0.3) is 22.4 Å². The Hall–Kier alpha value is -2.55. The van der Waals surface area contributed by atoms with Gasteiger partial charge in [-0.25, -0.2) is 8.78 Å². The average molecular weight is 365 g/mol. The topological polar surface area (TPSA) is 12.9 Å². The van der Waals surface area contributed by atoms with Crippen molar-refractivity contribution in [3.63, 3.8) is 0 Å². The molecule has 0 N–H and O–H groups in total. The maximum absolute atomic E-state index is 14.0. The van der Waals surface area contributed by atoms with Crippen LogP contribution in [0.2, 0.25) is 0 Å². The first-order valence-corrected chi connectivity index (χ1v) is 9.68. The summed E-state index contributed by atoms with van der Waals surface area (Å²) in [5.41, 5.74) is 4.19. The number of aromatic nitrogens is 1. The molecular formula is C24H25F2N. The van der Waals surface area contributed by atoms with Crippen LogP contribution in [-0.4, -0.2) is 4.98 Å². The minimum Gasteiger partial charge on any atom is -0.256 e. The fourth-order valence-electron chi connectivity index (χ4n) is 3.25. The highest BCUT2D eigenvalue weighted by atomic mass is 19.1. The molecule has 140 valence electrons. The zero-order chi connectivity index (χ0) is 19.1. The van der Waals surface area contributed by atoms with Crippen molar-refractivity contribution in [3.8, 4) is 22.4 Å². The van der Waals surface area contributed by atoms with Gasteiger partial charge in [0.25, 0.3) is 0 Å². The number of hydrogen-bond donors (Lipinski definition) is 0. The number of halogens is 2. The van der Waals surface area contributed by atoms with E-state index in [4.69, 9.17) is 0 Å². The second-order valence-electron chi connectivity index (χ2n) is 6.92. The predicted molar refractivity (Wildman–Crippen MR) is 107 cm³/mol. The van der Waals surface area contributed by atoms with Gasteiger partial charge in [0.05, 0.1) is 5.69 Å². The van der Waals surface area contributed by atoms with Gasteiger partial charge in [-0.3, -0.25) is 4.98 Å². The van der Waals surface area contributed by atoms with Gasteiger partial charge in [0.15, 0.2) is 0 Å². The molecule has 0 radical (unpaired) electrons. The van der Waals surface area contributed by atoms with Gasteiger partial charge in [-0.05, 0) is 53.8 Å². The molecule has 0 fully saturated rings. The van der Waals surface area contributed by atoms with Crippen LogP contribution in [0.1, 0.15) is 44.6 Å². The van der Waals surface area contributed by atoms with E-state index in [0.717, 1.165) is 23.6 Å². The highest BCUT2D eigenvalue weighted by Gasteiger charge is 2.09. The SMILES string of the molecule is CCCCCCCc1ccc(-c2ccnc(-c3ccc(F)cc3F)c2)cc1. The Labute approximate surface area is 160 Å². The zero-order valence-electron chi connectivity index (χ0n) is 15.7. The molecule has 1 nitrogen and oxygen atoms in total. The number of aryl methyl sites for hydroxylation is 1. The lowest BCUT2D eigenvalue weighted by molar-refractivity contribution is 0.585. The van der Waals surface area contributed by atoms with E-state index in [9.17, 15) is 8.78 Å². The highest BCUT2D eigenvalue weighted by molar-refractivity contribution is 5.70. The summed E-state index contributed by atoms with van der Waals surface area (Å²) in [6.07, 6.45) is 9.17. The third-order valence-electron chi connectivity index (χ3n) is 4.82. The summed E-state index contributed by atoms with van der Waals surface area (Å²) in [6, 6.07) is 15.8. The van der Waals surface area contributed by atoms with Crippen LogP contribution in [0.4, 0.5) is 8.78 Å². The molecule has 0 saturated carbocycles. The van der Waals surface area contributed by atoms with Crippen LogP contribution in [-0.2, 0) is 6.42 Å². The number of benzene rings is 2. The second kappa shape index (κ2) is 9.40. The molecule has 3 heteroatoms. The molecule has 0 saturated heterocycles.